The molecular formula is C10H13N7O3. The van der Waals surface area contributed by atoms with Gasteiger partial charge >= 0.3 is 11.8 Å². The van der Waals surface area contributed by atoms with Gasteiger partial charge in [0.1, 0.15) is 0 Å². The number of unbranched alkanes of at least 4 members (excludes halogenated alkanes) is 2. The third-order valence-electron chi connectivity index (χ3n) is 2.70. The molecule has 0 aromatic carbocycles. The molecule has 0 aliphatic rings. The van der Waals surface area contributed by atoms with E-state index in [1.165, 1.54) is 12.4 Å². The van der Waals surface area contributed by atoms with E-state index in [0.29, 0.717) is 11.1 Å². The average Bonchev–Trinajstić information content (AvgIpc) is 3.07. The Balaban J connectivity index is 2.29. The van der Waals surface area contributed by atoms with E-state index in [1.807, 2.05) is 6.92 Å². The normalized spacial score (nSPS) is 10.7. The van der Waals surface area contributed by atoms with Gasteiger partial charge in [-0.2, -0.15) is 0 Å². The second-order valence-corrected chi connectivity index (χ2v) is 4.12. The summed E-state index contributed by atoms with van der Waals surface area (Å²) in [6.07, 6.45) is 5.66. The van der Waals surface area contributed by atoms with Gasteiger partial charge in [-0.15, -0.1) is 14.9 Å². The number of hydrogen-bond donors (Lipinski definition) is 0. The summed E-state index contributed by atoms with van der Waals surface area (Å²) in [6.45, 7) is 2.03. The van der Waals surface area contributed by atoms with Crippen LogP contribution in [0, 0.1) is 10.1 Å². The fourth-order valence-electron chi connectivity index (χ4n) is 1.73. The van der Waals surface area contributed by atoms with Crippen LogP contribution in [0.2, 0.25) is 0 Å². The van der Waals surface area contributed by atoms with E-state index in [-0.39, 0.29) is 5.69 Å². The van der Waals surface area contributed by atoms with Crippen molar-refractivity contribution in [1.82, 2.24) is 30.0 Å². The van der Waals surface area contributed by atoms with E-state index in [0.717, 1.165) is 23.9 Å². The van der Waals surface area contributed by atoms with Crippen LogP contribution in [-0.4, -0.2) is 40.9 Å². The highest BCUT2D eigenvalue weighted by Crippen LogP contribution is 2.18. The van der Waals surface area contributed by atoms with Crippen molar-refractivity contribution in [1.29, 1.82) is 0 Å². The molecule has 0 atom stereocenters. The molecule has 2 aromatic heterocycles. The van der Waals surface area contributed by atoms with Crippen LogP contribution in [0.3, 0.4) is 0 Å². The van der Waals surface area contributed by atoms with Crippen molar-refractivity contribution in [3.05, 3.63) is 28.2 Å². The summed E-state index contributed by atoms with van der Waals surface area (Å²) in [4.78, 5) is 22.5. The standard InChI is InChI=1S/C10H13N7O3/c1-2-3-4-5-8-9(17(19)20)16(14-12-8)10(18)15-7-6-11-13-15/h6-7H,2-5H2,1H3. The number of hydrogen-bond acceptors (Lipinski definition) is 7. The minimum Gasteiger partial charge on any atom is -0.358 e. The molecule has 2 rings (SSSR count). The molecule has 20 heavy (non-hydrogen) atoms. The fourth-order valence-corrected chi connectivity index (χ4v) is 1.73. The van der Waals surface area contributed by atoms with Gasteiger partial charge in [0.15, 0.2) is 5.69 Å². The summed E-state index contributed by atoms with van der Waals surface area (Å²) in [7, 11) is 0. The maximum absolute atomic E-state index is 12.0. The Bertz CT molecular complexity index is 604. The summed E-state index contributed by atoms with van der Waals surface area (Å²) < 4.78 is 1.49. The van der Waals surface area contributed by atoms with E-state index in [2.05, 4.69) is 20.6 Å². The molecule has 2 heterocycles. The van der Waals surface area contributed by atoms with Gasteiger partial charge in [-0.05, 0) is 16.0 Å². The molecule has 0 fully saturated rings. The summed E-state index contributed by atoms with van der Waals surface area (Å²) in [5.74, 6) is -0.415. The van der Waals surface area contributed by atoms with Crippen molar-refractivity contribution in [2.45, 2.75) is 32.6 Å². The van der Waals surface area contributed by atoms with Gasteiger partial charge in [-0.1, -0.05) is 25.0 Å². The van der Waals surface area contributed by atoms with E-state index in [1.54, 1.807) is 0 Å². The summed E-state index contributed by atoms with van der Waals surface area (Å²) >= 11 is 0. The topological polar surface area (TPSA) is 122 Å². The third kappa shape index (κ3) is 2.68. The Morgan fingerprint density at radius 3 is 2.80 bits per heavy atom. The number of carbonyl (C=O) groups is 1. The zero-order valence-corrected chi connectivity index (χ0v) is 10.8. The van der Waals surface area contributed by atoms with Crippen LogP contribution in [0.5, 0.6) is 0 Å². The van der Waals surface area contributed by atoms with Crippen LogP contribution in [0.15, 0.2) is 12.4 Å². The van der Waals surface area contributed by atoms with Crippen LogP contribution in [0.25, 0.3) is 0 Å². The van der Waals surface area contributed by atoms with Crippen LogP contribution in [0.1, 0.15) is 31.9 Å². The molecular weight excluding hydrogens is 266 g/mol. The quantitative estimate of drug-likeness (QED) is 0.455. The molecule has 0 radical (unpaired) electrons. The van der Waals surface area contributed by atoms with Gasteiger partial charge in [0, 0.05) is 11.6 Å². The van der Waals surface area contributed by atoms with Crippen molar-refractivity contribution < 1.29 is 9.72 Å². The SMILES string of the molecule is CCCCCc1nnn(C(=O)n2ccnn2)c1[N+](=O)[O-]. The van der Waals surface area contributed by atoms with E-state index >= 15 is 0 Å². The molecule has 2 aromatic rings. The lowest BCUT2D eigenvalue weighted by Crippen LogP contribution is -2.22. The molecule has 0 amide bonds. The molecule has 0 unspecified atom stereocenters. The molecule has 10 nitrogen and oxygen atoms in total. The number of aryl methyl sites for hydroxylation is 1. The Morgan fingerprint density at radius 1 is 1.40 bits per heavy atom. The van der Waals surface area contributed by atoms with Crippen molar-refractivity contribution in [2.75, 3.05) is 0 Å². The van der Waals surface area contributed by atoms with Gasteiger partial charge in [-0.25, -0.2) is 4.79 Å². The van der Waals surface area contributed by atoms with Gasteiger partial charge < -0.3 is 10.1 Å². The Kier molecular flexibility index (Phi) is 4.13. The molecule has 0 aliphatic carbocycles. The second-order valence-electron chi connectivity index (χ2n) is 4.12. The van der Waals surface area contributed by atoms with Crippen molar-refractivity contribution >= 4 is 11.8 Å². The van der Waals surface area contributed by atoms with E-state index in [9.17, 15) is 14.9 Å². The lowest BCUT2D eigenvalue weighted by atomic mass is 10.1. The Hall–Kier alpha value is -2.65. The molecule has 10 heteroatoms. The maximum atomic E-state index is 12.0. The number of nitro groups is 1. The first-order valence-corrected chi connectivity index (χ1v) is 6.15. The summed E-state index contributed by atoms with van der Waals surface area (Å²) in [6, 6.07) is -0.788. The lowest BCUT2D eigenvalue weighted by molar-refractivity contribution is -0.392. The van der Waals surface area contributed by atoms with Gasteiger partial charge in [0.2, 0.25) is 0 Å². The van der Waals surface area contributed by atoms with E-state index < -0.39 is 16.8 Å². The highest BCUT2D eigenvalue weighted by molar-refractivity contribution is 5.79. The van der Waals surface area contributed by atoms with Gasteiger partial charge in [-0.3, -0.25) is 0 Å². The van der Waals surface area contributed by atoms with Gasteiger partial charge in [0.05, 0.1) is 12.4 Å². The van der Waals surface area contributed by atoms with Crippen LogP contribution >= 0.6 is 0 Å². The summed E-state index contributed by atoms with van der Waals surface area (Å²) in [5.41, 5.74) is 0.205. The van der Waals surface area contributed by atoms with Crippen molar-refractivity contribution in [2.24, 2.45) is 0 Å². The fraction of sp³-hybridized carbons (Fsp3) is 0.500. The molecule has 0 bridgehead atoms. The minimum absolute atomic E-state index is 0.205. The average molecular weight is 279 g/mol. The highest BCUT2D eigenvalue weighted by atomic mass is 16.6. The highest BCUT2D eigenvalue weighted by Gasteiger charge is 2.30. The number of carbonyl (C=O) groups excluding carboxylic acids is 1. The molecule has 0 saturated heterocycles. The van der Waals surface area contributed by atoms with Gasteiger partial charge in [0.25, 0.3) is 0 Å². The number of aromatic nitrogens is 6. The molecule has 0 N–H and O–H groups in total. The largest absolute Gasteiger partial charge is 0.464 e. The smallest absolute Gasteiger partial charge is 0.358 e. The van der Waals surface area contributed by atoms with Crippen LogP contribution < -0.4 is 0 Å². The predicted molar refractivity (Wildman–Crippen MR) is 66.1 cm³/mol. The maximum Gasteiger partial charge on any atom is 0.464 e. The van der Waals surface area contributed by atoms with Crippen molar-refractivity contribution in [3.63, 3.8) is 0 Å². The predicted octanol–water partition coefficient (Wildman–Crippen LogP) is 1.03. The molecule has 106 valence electrons. The first-order chi connectivity index (χ1) is 9.65. The van der Waals surface area contributed by atoms with Crippen LogP contribution in [0.4, 0.5) is 10.6 Å². The Labute approximate surface area is 113 Å². The lowest BCUT2D eigenvalue weighted by Gasteiger charge is -1.98. The second kappa shape index (κ2) is 5.99. The van der Waals surface area contributed by atoms with Crippen molar-refractivity contribution in [3.8, 4) is 0 Å². The molecule has 0 saturated carbocycles. The first-order valence-electron chi connectivity index (χ1n) is 6.15. The third-order valence-corrected chi connectivity index (χ3v) is 2.70. The molecule has 0 spiro atoms. The monoisotopic (exact) mass is 279 g/mol. The molecule has 0 aliphatic heterocycles. The summed E-state index contributed by atoms with van der Waals surface area (Å²) in [5, 5.41) is 25.4. The first kappa shape index (κ1) is 13.8. The zero-order valence-electron chi connectivity index (χ0n) is 10.8. The van der Waals surface area contributed by atoms with E-state index in [4.69, 9.17) is 0 Å². The number of rotatable bonds is 5. The Morgan fingerprint density at radius 2 is 2.20 bits per heavy atom. The zero-order chi connectivity index (χ0) is 14.5. The minimum atomic E-state index is -0.788. The number of nitrogens with zero attached hydrogens (tertiary/aromatic N) is 7. The van der Waals surface area contributed by atoms with Crippen LogP contribution in [-0.2, 0) is 6.42 Å².